The molecule has 3 fully saturated rings. The normalized spacial score (nSPS) is 29.2. The number of alkyl halides is 1. The van der Waals surface area contributed by atoms with E-state index in [9.17, 15) is 0 Å². The maximum absolute atomic E-state index is 9.02. The van der Waals surface area contributed by atoms with E-state index < -0.39 is 0 Å². The summed E-state index contributed by atoms with van der Waals surface area (Å²) in [5.41, 5.74) is 0.405. The van der Waals surface area contributed by atoms with Gasteiger partial charge in [0.25, 0.3) is 0 Å². The summed E-state index contributed by atoms with van der Waals surface area (Å²) in [6, 6.07) is 0.580. The minimum Gasteiger partial charge on any atom is -0.412 e. The Morgan fingerprint density at radius 2 is 1.49 bits per heavy atom. The van der Waals surface area contributed by atoms with E-state index in [1.54, 1.807) is 0 Å². The van der Waals surface area contributed by atoms with E-state index in [-0.39, 0.29) is 41.4 Å². The molecule has 3 aliphatic rings. The third kappa shape index (κ3) is 14.6. The van der Waals surface area contributed by atoms with Gasteiger partial charge in [-0.3, -0.25) is 0 Å². The van der Waals surface area contributed by atoms with E-state index in [2.05, 4.69) is 43.2 Å². The van der Waals surface area contributed by atoms with Gasteiger partial charge in [-0.2, -0.15) is 0 Å². The molecule has 39 heavy (non-hydrogen) atoms. The molecule has 13 N–H and O–H groups in total. The third-order valence-corrected chi connectivity index (χ3v) is 9.64. The molecule has 0 aromatic carbocycles. The molecule has 0 bridgehead atoms. The van der Waals surface area contributed by atoms with Crippen LogP contribution in [0.1, 0.15) is 92.9 Å². The lowest BCUT2D eigenvalue weighted by Crippen LogP contribution is -2.53. The summed E-state index contributed by atoms with van der Waals surface area (Å²) in [6.07, 6.45) is 11.9. The fourth-order valence-corrected chi connectivity index (χ4v) is 7.51. The number of hydrogen-bond acceptors (Lipinski definition) is 4. The SMILES string of the molecule is C.CC(C)[C@H](CN1CCC(C2CCC(Cl)CC2)C(C)(C)C1)NCC1CCCC(CNCCO)C1.O.O.O.O.O. The van der Waals surface area contributed by atoms with Crippen LogP contribution in [0.2, 0.25) is 0 Å². The second-order valence-corrected chi connectivity index (χ2v) is 13.3. The first-order valence-electron chi connectivity index (χ1n) is 14.2. The number of likely N-dealkylation sites (tertiary alicyclic amines) is 1. The van der Waals surface area contributed by atoms with Crippen molar-refractivity contribution in [3.05, 3.63) is 0 Å². The number of piperidine rings is 1. The molecule has 1 saturated heterocycles. The fourth-order valence-electron chi connectivity index (χ4n) is 7.26. The van der Waals surface area contributed by atoms with Gasteiger partial charge in [0.05, 0.1) is 6.61 Å². The van der Waals surface area contributed by atoms with Crippen LogP contribution in [0, 0.1) is 35.0 Å². The lowest BCUT2D eigenvalue weighted by atomic mass is 9.64. The standard InChI is InChI=1S/C28H54ClN3O.CH4.5H2O/c1-21(2)27(31-18-23-7-5-6-22(16-23)17-30-13-15-33)19-32-14-12-26(28(3,4)20-32)24-8-10-25(29)11-9-24;;;;;;/h21-27,30-31,33H,5-20H2,1-4H3;1H4;5*1H2/t22?,23?,24?,25?,26?,27-;;;;;;/m0....../s1. The molecule has 1 heterocycles. The van der Waals surface area contributed by atoms with Crippen LogP contribution in [0.25, 0.3) is 0 Å². The number of hydrogen-bond donors (Lipinski definition) is 3. The molecule has 1 aliphatic heterocycles. The first-order chi connectivity index (χ1) is 15.8. The van der Waals surface area contributed by atoms with E-state index in [0.29, 0.717) is 22.8 Å². The van der Waals surface area contributed by atoms with E-state index >= 15 is 0 Å². The second kappa shape index (κ2) is 22.5. The van der Waals surface area contributed by atoms with Gasteiger partial charge in [0, 0.05) is 31.1 Å². The Morgan fingerprint density at radius 3 is 2.03 bits per heavy atom. The molecule has 2 saturated carbocycles. The van der Waals surface area contributed by atoms with Crippen LogP contribution in [-0.4, -0.2) is 94.7 Å². The number of aliphatic hydroxyl groups is 1. The summed E-state index contributed by atoms with van der Waals surface area (Å²) in [4.78, 5) is 2.77. The molecule has 242 valence electrons. The topological polar surface area (TPSA) is 205 Å². The number of nitrogens with zero attached hydrogens (tertiary/aromatic N) is 1. The van der Waals surface area contributed by atoms with Gasteiger partial charge >= 0.3 is 0 Å². The van der Waals surface area contributed by atoms with Gasteiger partial charge in [0.1, 0.15) is 0 Å². The Bertz CT molecular complexity index is 567. The minimum atomic E-state index is 0. The number of aliphatic hydroxyl groups excluding tert-OH is 1. The zero-order chi connectivity index (χ0) is 23.8. The van der Waals surface area contributed by atoms with Gasteiger partial charge < -0.3 is 48.0 Å². The first kappa shape index (κ1) is 45.9. The van der Waals surface area contributed by atoms with Crippen molar-refractivity contribution in [1.29, 1.82) is 0 Å². The average molecular weight is 590 g/mol. The molecule has 0 radical (unpaired) electrons. The molecule has 2 aliphatic carbocycles. The smallest absolute Gasteiger partial charge is 0.0555 e. The average Bonchev–Trinajstić information content (AvgIpc) is 2.77. The Kier molecular flexibility index (Phi) is 26.5. The molecule has 0 aromatic rings. The third-order valence-electron chi connectivity index (χ3n) is 9.20. The monoisotopic (exact) mass is 589 g/mol. The summed E-state index contributed by atoms with van der Waals surface area (Å²) in [5.74, 6) is 4.00. The lowest BCUT2D eigenvalue weighted by molar-refractivity contribution is 0.00453. The van der Waals surface area contributed by atoms with Crippen molar-refractivity contribution < 1.29 is 32.5 Å². The molecule has 10 heteroatoms. The Balaban J connectivity index is -0.00000102. The van der Waals surface area contributed by atoms with Crippen LogP contribution in [0.5, 0.6) is 0 Å². The van der Waals surface area contributed by atoms with Gasteiger partial charge in [0.15, 0.2) is 0 Å². The van der Waals surface area contributed by atoms with E-state index in [1.165, 1.54) is 84.0 Å². The second-order valence-electron chi connectivity index (χ2n) is 12.7. The number of nitrogens with one attached hydrogen (secondary N) is 2. The Hall–Kier alpha value is -0.0700. The Labute approximate surface area is 244 Å². The maximum Gasteiger partial charge on any atom is 0.0555 e. The minimum absolute atomic E-state index is 0. The largest absolute Gasteiger partial charge is 0.412 e. The van der Waals surface area contributed by atoms with Gasteiger partial charge in [-0.1, -0.05) is 41.5 Å². The predicted molar refractivity (Wildman–Crippen MR) is 167 cm³/mol. The van der Waals surface area contributed by atoms with Crippen molar-refractivity contribution in [2.24, 2.45) is 35.0 Å². The van der Waals surface area contributed by atoms with Crippen LogP contribution >= 0.6 is 11.6 Å². The fraction of sp³-hybridized carbons (Fsp3) is 1.00. The first-order valence-corrected chi connectivity index (χ1v) is 14.6. The van der Waals surface area contributed by atoms with Crippen molar-refractivity contribution in [3.8, 4) is 0 Å². The van der Waals surface area contributed by atoms with Crippen molar-refractivity contribution in [2.45, 2.75) is 104 Å². The molecule has 3 unspecified atom stereocenters. The molecule has 4 atom stereocenters. The highest BCUT2D eigenvalue weighted by molar-refractivity contribution is 6.20. The van der Waals surface area contributed by atoms with Crippen LogP contribution in [0.3, 0.4) is 0 Å². The van der Waals surface area contributed by atoms with E-state index in [4.69, 9.17) is 16.7 Å². The highest BCUT2D eigenvalue weighted by Gasteiger charge is 2.41. The summed E-state index contributed by atoms with van der Waals surface area (Å²) < 4.78 is 0. The zero-order valence-corrected chi connectivity index (χ0v) is 25.4. The summed E-state index contributed by atoms with van der Waals surface area (Å²) in [7, 11) is 0. The highest BCUT2D eigenvalue weighted by Crippen LogP contribution is 2.45. The molecule has 3 rings (SSSR count). The molecular weight excluding hydrogens is 522 g/mol. The number of rotatable bonds is 11. The van der Waals surface area contributed by atoms with Crippen LogP contribution < -0.4 is 10.6 Å². The summed E-state index contributed by atoms with van der Waals surface area (Å²) >= 11 is 6.40. The highest BCUT2D eigenvalue weighted by atomic mass is 35.5. The van der Waals surface area contributed by atoms with E-state index in [1.807, 2.05) is 0 Å². The number of halogens is 1. The molecule has 0 aromatic heterocycles. The lowest BCUT2D eigenvalue weighted by Gasteiger charge is -2.49. The van der Waals surface area contributed by atoms with Crippen LogP contribution in [-0.2, 0) is 0 Å². The van der Waals surface area contributed by atoms with Crippen LogP contribution in [0.4, 0.5) is 0 Å². The van der Waals surface area contributed by atoms with Gasteiger partial charge in [-0.15, -0.1) is 11.6 Å². The summed E-state index contributed by atoms with van der Waals surface area (Å²) in [5, 5.41) is 16.9. The van der Waals surface area contributed by atoms with Gasteiger partial charge in [0.2, 0.25) is 0 Å². The van der Waals surface area contributed by atoms with Crippen molar-refractivity contribution >= 4 is 11.6 Å². The zero-order valence-electron chi connectivity index (χ0n) is 24.6. The maximum atomic E-state index is 9.02. The molecule has 9 nitrogen and oxygen atoms in total. The molecule has 0 spiro atoms. The molecular formula is C29H68ClN3O6. The van der Waals surface area contributed by atoms with Gasteiger partial charge in [-0.25, -0.2) is 0 Å². The Morgan fingerprint density at radius 1 is 0.897 bits per heavy atom. The van der Waals surface area contributed by atoms with Gasteiger partial charge in [-0.05, 0) is 106 Å². The van der Waals surface area contributed by atoms with Crippen molar-refractivity contribution in [2.75, 3.05) is 45.9 Å². The van der Waals surface area contributed by atoms with Crippen molar-refractivity contribution in [1.82, 2.24) is 15.5 Å². The summed E-state index contributed by atoms with van der Waals surface area (Å²) in [6.45, 7) is 16.8. The predicted octanol–water partition coefficient (Wildman–Crippen LogP) is 1.65. The van der Waals surface area contributed by atoms with Crippen molar-refractivity contribution in [3.63, 3.8) is 0 Å². The van der Waals surface area contributed by atoms with E-state index in [0.717, 1.165) is 36.8 Å². The van der Waals surface area contributed by atoms with Crippen LogP contribution in [0.15, 0.2) is 0 Å². The quantitative estimate of drug-likeness (QED) is 0.242. The molecule has 0 amide bonds.